The number of amides is 4. The Morgan fingerprint density at radius 2 is 1.61 bits per heavy atom. The molecule has 0 bridgehead atoms. The summed E-state index contributed by atoms with van der Waals surface area (Å²) in [7, 11) is 10.5. The van der Waals surface area contributed by atoms with Gasteiger partial charge in [-0.15, -0.1) is 5.10 Å². The van der Waals surface area contributed by atoms with Crippen LogP contribution in [0.2, 0.25) is 0 Å². The molecule has 15 heteroatoms. The molecule has 0 spiro atoms. The Labute approximate surface area is 353 Å². The highest BCUT2D eigenvalue weighted by molar-refractivity contribution is 5.90. The molecule has 3 N–H and O–H groups in total. The number of nitrogens with one attached hydrogen (secondary N) is 3. The lowest BCUT2D eigenvalue weighted by molar-refractivity contribution is -0.148. The summed E-state index contributed by atoms with van der Waals surface area (Å²) in [5.41, 5.74) is 1.89. The van der Waals surface area contributed by atoms with Crippen LogP contribution in [0.15, 0.2) is 36.5 Å². The molecule has 0 radical (unpaired) electrons. The van der Waals surface area contributed by atoms with Gasteiger partial charge < -0.3 is 35.2 Å². The minimum atomic E-state index is -0.758. The molecule has 59 heavy (non-hydrogen) atoms. The standard InChI is InChI=1S/C44H75N9O6/c1-14-30(6)40(51(11)44(57)38(28(2)3)47-43(56)39(29(4)5)50(9)10)36(58-12)24-37(54)53-22-18-21-35(53)41(59-13)31(7)42(55)46-33(23-32-19-16-15-17-20-32)26-52-27-34(25-45-8)48-49-52/h15-17,19-20,27-31,33,35-36,38-41,45H,14,18,21-26H2,1-13H3,(H,46,55)(H,47,56)/t30-,31+,33-,35-,36+,38-,39-,40-,41+/m0/s1. The number of methoxy groups -OCH3 is 2. The Bertz CT molecular complexity index is 1600. The molecule has 0 unspecified atom stereocenters. The monoisotopic (exact) mass is 826 g/mol. The fourth-order valence-electron chi connectivity index (χ4n) is 8.72. The second-order valence-corrected chi connectivity index (χ2v) is 17.3. The molecule has 9 atom stereocenters. The minimum Gasteiger partial charge on any atom is -0.379 e. The highest BCUT2D eigenvalue weighted by atomic mass is 16.5. The van der Waals surface area contributed by atoms with Crippen molar-refractivity contribution in [1.82, 2.24) is 45.6 Å². The predicted octanol–water partition coefficient (Wildman–Crippen LogP) is 3.37. The summed E-state index contributed by atoms with van der Waals surface area (Å²) in [6.07, 6.45) is 3.54. The molecule has 332 valence electrons. The van der Waals surface area contributed by atoms with Crippen molar-refractivity contribution in [2.75, 3.05) is 49.0 Å². The maximum Gasteiger partial charge on any atom is 0.245 e. The number of hydrogen-bond donors (Lipinski definition) is 3. The first kappa shape index (κ1) is 49.4. The van der Waals surface area contributed by atoms with Crippen molar-refractivity contribution >= 4 is 23.6 Å². The lowest BCUT2D eigenvalue weighted by Gasteiger charge is -2.41. The second kappa shape index (κ2) is 23.8. The van der Waals surface area contributed by atoms with Gasteiger partial charge in [-0.2, -0.15) is 0 Å². The molecule has 2 heterocycles. The predicted molar refractivity (Wildman–Crippen MR) is 230 cm³/mol. The summed E-state index contributed by atoms with van der Waals surface area (Å²) >= 11 is 0. The summed E-state index contributed by atoms with van der Waals surface area (Å²) < 4.78 is 13.9. The summed E-state index contributed by atoms with van der Waals surface area (Å²) in [6.45, 7) is 15.3. The van der Waals surface area contributed by atoms with Gasteiger partial charge in [-0.05, 0) is 63.7 Å². The van der Waals surface area contributed by atoms with Gasteiger partial charge in [0.2, 0.25) is 23.6 Å². The van der Waals surface area contributed by atoms with Gasteiger partial charge in [-0.3, -0.25) is 28.8 Å². The molecule has 1 aromatic carbocycles. The number of likely N-dealkylation sites (N-methyl/N-ethyl adjacent to an activating group) is 2. The molecular weight excluding hydrogens is 751 g/mol. The van der Waals surface area contributed by atoms with Crippen LogP contribution in [0, 0.1) is 23.7 Å². The topological polar surface area (TPSA) is 163 Å². The molecule has 2 aromatic rings. The van der Waals surface area contributed by atoms with E-state index in [1.165, 1.54) is 0 Å². The van der Waals surface area contributed by atoms with E-state index in [-0.39, 0.29) is 59.9 Å². The summed E-state index contributed by atoms with van der Waals surface area (Å²) in [6, 6.07) is 7.81. The summed E-state index contributed by atoms with van der Waals surface area (Å²) in [5, 5.41) is 18.0. The summed E-state index contributed by atoms with van der Waals surface area (Å²) in [4.78, 5) is 61.6. The SMILES string of the molecule is CC[C@H](C)[C@@H]([C@@H](CC(=O)N1CCC[C@H]1[C@H](OC)[C@@H](C)C(=O)N[C@@H](Cc1ccccc1)Cn1cc(CNC)nn1)OC)N(C)C(=O)[C@@H](NC(=O)[C@H](C(C)C)N(C)C)C(C)C. The normalized spacial score (nSPS) is 18.6. The van der Waals surface area contributed by atoms with Crippen molar-refractivity contribution in [2.45, 2.75) is 136 Å². The maximum absolute atomic E-state index is 14.4. The Morgan fingerprint density at radius 1 is 0.932 bits per heavy atom. The van der Waals surface area contributed by atoms with Crippen LogP contribution in [0.5, 0.6) is 0 Å². The first-order valence-electron chi connectivity index (χ1n) is 21.5. The first-order chi connectivity index (χ1) is 28.0. The molecular formula is C44H75N9O6. The van der Waals surface area contributed by atoms with E-state index in [2.05, 4.69) is 40.1 Å². The van der Waals surface area contributed by atoms with Crippen molar-refractivity contribution in [2.24, 2.45) is 23.7 Å². The zero-order valence-corrected chi connectivity index (χ0v) is 38.1. The van der Waals surface area contributed by atoms with E-state index in [1.807, 2.05) is 102 Å². The van der Waals surface area contributed by atoms with Gasteiger partial charge in [0.25, 0.3) is 0 Å². The molecule has 1 aromatic heterocycles. The Hall–Kier alpha value is -3.92. The molecule has 0 saturated carbocycles. The second-order valence-electron chi connectivity index (χ2n) is 17.3. The number of aromatic nitrogens is 3. The van der Waals surface area contributed by atoms with E-state index in [9.17, 15) is 19.2 Å². The number of carbonyl (C=O) groups is 4. The van der Waals surface area contributed by atoms with Gasteiger partial charge in [-0.25, -0.2) is 0 Å². The van der Waals surface area contributed by atoms with Gasteiger partial charge in [0, 0.05) is 40.6 Å². The van der Waals surface area contributed by atoms with Crippen LogP contribution in [0.25, 0.3) is 0 Å². The van der Waals surface area contributed by atoms with E-state index in [0.29, 0.717) is 32.5 Å². The third-order valence-electron chi connectivity index (χ3n) is 12.0. The molecule has 1 saturated heterocycles. The fourth-order valence-corrected chi connectivity index (χ4v) is 8.72. The van der Waals surface area contributed by atoms with Gasteiger partial charge in [0.1, 0.15) is 6.04 Å². The van der Waals surface area contributed by atoms with Gasteiger partial charge in [0.05, 0.1) is 61.0 Å². The van der Waals surface area contributed by atoms with Crippen molar-refractivity contribution in [3.05, 3.63) is 47.8 Å². The van der Waals surface area contributed by atoms with E-state index in [4.69, 9.17) is 9.47 Å². The quantitative estimate of drug-likeness (QED) is 0.143. The van der Waals surface area contributed by atoms with E-state index in [0.717, 1.165) is 24.1 Å². The average Bonchev–Trinajstić information content (AvgIpc) is 3.86. The van der Waals surface area contributed by atoms with Crippen LogP contribution in [-0.4, -0.2) is 145 Å². The summed E-state index contributed by atoms with van der Waals surface area (Å²) in [5.74, 6) is -1.42. The average molecular weight is 826 g/mol. The van der Waals surface area contributed by atoms with Gasteiger partial charge in [-0.1, -0.05) is 90.4 Å². The molecule has 4 amide bonds. The molecule has 15 nitrogen and oxygen atoms in total. The van der Waals surface area contributed by atoms with E-state index < -0.39 is 36.3 Å². The van der Waals surface area contributed by atoms with E-state index >= 15 is 0 Å². The van der Waals surface area contributed by atoms with Crippen LogP contribution >= 0.6 is 0 Å². The highest BCUT2D eigenvalue weighted by Gasteiger charge is 2.43. The third-order valence-corrected chi connectivity index (χ3v) is 12.0. The minimum absolute atomic E-state index is 0.0172. The van der Waals surface area contributed by atoms with Crippen LogP contribution in [0.4, 0.5) is 0 Å². The van der Waals surface area contributed by atoms with Crippen molar-refractivity contribution in [1.29, 1.82) is 0 Å². The third kappa shape index (κ3) is 13.5. The molecule has 0 aliphatic carbocycles. The maximum atomic E-state index is 14.4. The van der Waals surface area contributed by atoms with Crippen molar-refractivity contribution in [3.8, 4) is 0 Å². The smallest absolute Gasteiger partial charge is 0.245 e. The number of benzene rings is 1. The molecule has 1 aliphatic rings. The van der Waals surface area contributed by atoms with Crippen molar-refractivity contribution < 1.29 is 28.7 Å². The Balaban J connectivity index is 1.80. The lowest BCUT2D eigenvalue weighted by atomic mass is 9.89. The number of ether oxygens (including phenoxy) is 2. The van der Waals surface area contributed by atoms with Crippen molar-refractivity contribution in [3.63, 3.8) is 0 Å². The molecule has 1 fully saturated rings. The van der Waals surface area contributed by atoms with E-state index in [1.54, 1.807) is 30.8 Å². The number of rotatable bonds is 24. The number of nitrogens with zero attached hydrogens (tertiary/aromatic N) is 6. The lowest BCUT2D eigenvalue weighted by Crippen LogP contribution is -2.59. The van der Waals surface area contributed by atoms with Crippen LogP contribution in [0.3, 0.4) is 0 Å². The van der Waals surface area contributed by atoms with Crippen LogP contribution in [0.1, 0.15) is 85.4 Å². The largest absolute Gasteiger partial charge is 0.379 e. The van der Waals surface area contributed by atoms with Gasteiger partial charge >= 0.3 is 0 Å². The van der Waals surface area contributed by atoms with Crippen LogP contribution in [-0.2, 0) is 48.2 Å². The Kier molecular flexibility index (Phi) is 19.9. The van der Waals surface area contributed by atoms with Gasteiger partial charge in [0.15, 0.2) is 0 Å². The molecule has 3 rings (SSSR count). The number of likely N-dealkylation sites (tertiary alicyclic amines) is 1. The first-order valence-corrected chi connectivity index (χ1v) is 21.5. The fraction of sp³-hybridized carbons (Fsp3) is 0.727. The Morgan fingerprint density at radius 3 is 2.17 bits per heavy atom. The van der Waals surface area contributed by atoms with Crippen LogP contribution < -0.4 is 16.0 Å². The zero-order valence-electron chi connectivity index (χ0n) is 38.1. The number of hydrogen-bond acceptors (Lipinski definition) is 10. The number of carbonyl (C=O) groups excluding carboxylic acids is 4. The zero-order chi connectivity index (χ0) is 44.0. The highest BCUT2D eigenvalue weighted by Crippen LogP contribution is 2.30. The molecule has 1 aliphatic heterocycles.